The lowest BCUT2D eigenvalue weighted by Gasteiger charge is -2.12. The molecule has 2 rings (SSSR count). The average molecular weight is 307 g/mol. The molecule has 1 nitrogen and oxygen atoms in total. The fourth-order valence-corrected chi connectivity index (χ4v) is 2.19. The van der Waals surface area contributed by atoms with E-state index in [0.717, 1.165) is 0 Å². The average Bonchev–Trinajstić information content (AvgIpc) is 2.29. The first-order valence-electron chi connectivity index (χ1n) is 4.74. The first-order chi connectivity index (χ1) is 8.09. The minimum Gasteiger partial charge on any atom is -0.352 e. The van der Waals surface area contributed by atoms with E-state index in [1.54, 1.807) is 36.4 Å². The summed E-state index contributed by atoms with van der Waals surface area (Å²) in [4.78, 5) is 0. The van der Waals surface area contributed by atoms with Gasteiger partial charge in [0, 0.05) is 0 Å². The molecule has 0 atom stereocenters. The van der Waals surface area contributed by atoms with Gasteiger partial charge in [-0.15, -0.1) is 0 Å². The van der Waals surface area contributed by atoms with E-state index < -0.39 is 0 Å². The van der Waals surface area contributed by atoms with Crippen LogP contribution in [0.15, 0.2) is 36.4 Å². The number of halogens is 4. The highest BCUT2D eigenvalue weighted by Crippen LogP contribution is 2.36. The van der Waals surface area contributed by atoms with Gasteiger partial charge in [0.15, 0.2) is 0 Å². The highest BCUT2D eigenvalue weighted by Gasteiger charge is 2.09. The van der Waals surface area contributed by atoms with Gasteiger partial charge in [0.25, 0.3) is 0 Å². The Labute approximate surface area is 119 Å². The quantitative estimate of drug-likeness (QED) is 0.712. The predicted molar refractivity (Wildman–Crippen MR) is 76.2 cm³/mol. The minimum atomic E-state index is 0.435. The Hall–Kier alpha value is -0.600. The van der Waals surface area contributed by atoms with Crippen LogP contribution >= 0.6 is 46.4 Å². The Kier molecular flexibility index (Phi) is 4.05. The van der Waals surface area contributed by atoms with Gasteiger partial charge in [0.2, 0.25) is 0 Å². The van der Waals surface area contributed by atoms with Crippen LogP contribution in [0.3, 0.4) is 0 Å². The second-order valence-electron chi connectivity index (χ2n) is 3.32. The molecule has 0 fully saturated rings. The number of hydrogen-bond acceptors (Lipinski definition) is 1. The fourth-order valence-electron chi connectivity index (χ4n) is 1.35. The molecule has 0 radical (unpaired) electrons. The van der Waals surface area contributed by atoms with Gasteiger partial charge in [-0.05, 0) is 24.3 Å². The second-order valence-corrected chi connectivity index (χ2v) is 4.92. The van der Waals surface area contributed by atoms with Crippen LogP contribution in [0.4, 0.5) is 11.4 Å². The summed E-state index contributed by atoms with van der Waals surface area (Å²) in [6.07, 6.45) is 0. The third kappa shape index (κ3) is 2.80. The van der Waals surface area contributed by atoms with E-state index in [1.165, 1.54) is 0 Å². The van der Waals surface area contributed by atoms with Gasteiger partial charge in [-0.3, -0.25) is 0 Å². The van der Waals surface area contributed by atoms with Gasteiger partial charge >= 0.3 is 0 Å². The van der Waals surface area contributed by atoms with Crippen molar-refractivity contribution in [2.45, 2.75) is 0 Å². The summed E-state index contributed by atoms with van der Waals surface area (Å²) in [5.74, 6) is 0. The van der Waals surface area contributed by atoms with E-state index in [0.29, 0.717) is 31.5 Å². The van der Waals surface area contributed by atoms with Crippen LogP contribution in [0.5, 0.6) is 0 Å². The van der Waals surface area contributed by atoms with Crippen molar-refractivity contribution in [1.82, 2.24) is 0 Å². The molecule has 0 amide bonds. The van der Waals surface area contributed by atoms with Crippen LogP contribution in [0.2, 0.25) is 20.1 Å². The summed E-state index contributed by atoms with van der Waals surface area (Å²) >= 11 is 24.1. The summed E-state index contributed by atoms with van der Waals surface area (Å²) in [6, 6.07) is 10.6. The lowest BCUT2D eigenvalue weighted by atomic mass is 10.2. The van der Waals surface area contributed by atoms with Gasteiger partial charge in [0.1, 0.15) is 0 Å². The van der Waals surface area contributed by atoms with Gasteiger partial charge < -0.3 is 5.32 Å². The summed E-state index contributed by atoms with van der Waals surface area (Å²) in [6.45, 7) is 0. The molecule has 0 aliphatic heterocycles. The molecule has 0 aliphatic carbocycles. The molecule has 0 saturated carbocycles. The van der Waals surface area contributed by atoms with E-state index in [9.17, 15) is 0 Å². The third-order valence-electron chi connectivity index (χ3n) is 2.17. The Morgan fingerprint density at radius 3 is 1.88 bits per heavy atom. The molecule has 17 heavy (non-hydrogen) atoms. The molecule has 0 spiro atoms. The van der Waals surface area contributed by atoms with Gasteiger partial charge in [0.05, 0.1) is 31.5 Å². The van der Waals surface area contributed by atoms with Crippen LogP contribution in [0, 0.1) is 0 Å². The Balaban J connectivity index is 2.42. The highest BCUT2D eigenvalue weighted by molar-refractivity contribution is 6.44. The predicted octanol–water partition coefficient (Wildman–Crippen LogP) is 6.04. The number of para-hydroxylation sites is 1. The van der Waals surface area contributed by atoms with Crippen LogP contribution in [-0.4, -0.2) is 0 Å². The van der Waals surface area contributed by atoms with Crippen LogP contribution in [0.1, 0.15) is 0 Å². The third-order valence-corrected chi connectivity index (χ3v) is 3.62. The molecule has 1 N–H and O–H groups in total. The SMILES string of the molecule is Clc1cccc(Nc2c(Cl)cccc2Cl)c1Cl. The van der Waals surface area contributed by atoms with Crippen molar-refractivity contribution in [3.05, 3.63) is 56.5 Å². The second kappa shape index (κ2) is 5.36. The van der Waals surface area contributed by atoms with E-state index in [-0.39, 0.29) is 0 Å². The number of anilines is 2. The maximum atomic E-state index is 6.07. The van der Waals surface area contributed by atoms with Crippen molar-refractivity contribution in [1.29, 1.82) is 0 Å². The zero-order valence-corrected chi connectivity index (χ0v) is 11.5. The van der Waals surface area contributed by atoms with Gasteiger partial charge in [-0.25, -0.2) is 0 Å². The normalized spacial score (nSPS) is 10.4. The summed E-state index contributed by atoms with van der Waals surface area (Å²) in [5.41, 5.74) is 1.27. The molecule has 0 bridgehead atoms. The molecule has 0 aromatic heterocycles. The topological polar surface area (TPSA) is 12.0 Å². The van der Waals surface area contributed by atoms with E-state index in [1.807, 2.05) is 0 Å². The monoisotopic (exact) mass is 305 g/mol. The number of nitrogens with one attached hydrogen (secondary N) is 1. The van der Waals surface area contributed by atoms with Crippen LogP contribution in [-0.2, 0) is 0 Å². The number of rotatable bonds is 2. The molecule has 2 aromatic rings. The molecular weight excluding hydrogens is 300 g/mol. The summed E-state index contributed by atoms with van der Waals surface area (Å²) in [7, 11) is 0. The zero-order chi connectivity index (χ0) is 12.4. The zero-order valence-electron chi connectivity index (χ0n) is 8.48. The smallest absolute Gasteiger partial charge is 0.0827 e. The standard InChI is InChI=1S/C12H7Cl4N/c13-7-3-2-6-10(11(7)16)17-12-8(14)4-1-5-9(12)15/h1-6,17H. The molecule has 88 valence electrons. The van der Waals surface area contributed by atoms with E-state index in [4.69, 9.17) is 46.4 Å². The molecular formula is C12H7Cl4N. The molecule has 0 heterocycles. The van der Waals surface area contributed by atoms with Crippen molar-refractivity contribution in [3.8, 4) is 0 Å². The number of benzene rings is 2. The van der Waals surface area contributed by atoms with Crippen molar-refractivity contribution in [3.63, 3.8) is 0 Å². The van der Waals surface area contributed by atoms with Crippen molar-refractivity contribution >= 4 is 57.8 Å². The maximum Gasteiger partial charge on any atom is 0.0827 e. The molecule has 0 unspecified atom stereocenters. The minimum absolute atomic E-state index is 0.435. The lowest BCUT2D eigenvalue weighted by molar-refractivity contribution is 1.55. The summed E-state index contributed by atoms with van der Waals surface area (Å²) < 4.78 is 0. The maximum absolute atomic E-state index is 6.07. The largest absolute Gasteiger partial charge is 0.352 e. The Morgan fingerprint density at radius 1 is 0.706 bits per heavy atom. The highest BCUT2D eigenvalue weighted by atomic mass is 35.5. The first kappa shape index (κ1) is 12.8. The number of hydrogen-bond donors (Lipinski definition) is 1. The van der Waals surface area contributed by atoms with Gasteiger partial charge in [-0.1, -0.05) is 58.5 Å². The molecule has 2 aromatic carbocycles. The first-order valence-corrected chi connectivity index (χ1v) is 6.26. The van der Waals surface area contributed by atoms with Crippen molar-refractivity contribution < 1.29 is 0 Å². The molecule has 0 aliphatic rings. The van der Waals surface area contributed by atoms with Gasteiger partial charge in [-0.2, -0.15) is 0 Å². The summed E-state index contributed by atoms with van der Waals surface area (Å²) in [5, 5.41) is 5.02. The van der Waals surface area contributed by atoms with E-state index >= 15 is 0 Å². The molecule has 0 saturated heterocycles. The Morgan fingerprint density at radius 2 is 1.24 bits per heavy atom. The van der Waals surface area contributed by atoms with Crippen LogP contribution in [0.25, 0.3) is 0 Å². The van der Waals surface area contributed by atoms with E-state index in [2.05, 4.69) is 5.32 Å². The van der Waals surface area contributed by atoms with Crippen molar-refractivity contribution in [2.24, 2.45) is 0 Å². The lowest BCUT2D eigenvalue weighted by Crippen LogP contribution is -1.93. The van der Waals surface area contributed by atoms with Crippen LogP contribution < -0.4 is 5.32 Å². The molecule has 5 heteroatoms. The van der Waals surface area contributed by atoms with Crippen molar-refractivity contribution in [2.75, 3.05) is 5.32 Å². The fraction of sp³-hybridized carbons (Fsp3) is 0. The Bertz CT molecular complexity index is 534.